The van der Waals surface area contributed by atoms with Gasteiger partial charge in [-0.15, -0.1) is 0 Å². The molecule has 0 aromatic heterocycles. The fourth-order valence-corrected chi connectivity index (χ4v) is 4.53. The van der Waals surface area contributed by atoms with Crippen LogP contribution in [0, 0.1) is 0 Å². The van der Waals surface area contributed by atoms with Crippen molar-refractivity contribution in [3.8, 4) is 0 Å². The molecular weight excluding hydrogens is 468 g/mol. The van der Waals surface area contributed by atoms with Crippen molar-refractivity contribution >= 4 is 0 Å². The number of rotatable bonds is 9. The van der Waals surface area contributed by atoms with E-state index in [0.29, 0.717) is 6.61 Å². The lowest BCUT2D eigenvalue weighted by Crippen LogP contribution is -2.71. The highest BCUT2D eigenvalue weighted by Gasteiger charge is 2.61. The summed E-state index contributed by atoms with van der Waals surface area (Å²) in [5.74, 6) is -2.73. The van der Waals surface area contributed by atoms with Crippen LogP contribution >= 0.6 is 0 Å². The first-order chi connectivity index (χ1) is 17.3. The van der Waals surface area contributed by atoms with Crippen molar-refractivity contribution in [2.24, 2.45) is 0 Å². The summed E-state index contributed by atoms with van der Waals surface area (Å²) in [4.78, 5) is 0. The average molecular weight is 505 g/mol. The predicted molar refractivity (Wildman–Crippen MR) is 129 cm³/mol. The molecule has 9 heteroatoms. The Bertz CT molecular complexity index is 945. The van der Waals surface area contributed by atoms with Crippen molar-refractivity contribution in [2.45, 2.75) is 68.8 Å². The van der Waals surface area contributed by atoms with Gasteiger partial charge in [0, 0.05) is 19.8 Å². The molecule has 36 heavy (non-hydrogen) atoms. The first-order valence-corrected chi connectivity index (χ1v) is 12.1. The maximum atomic E-state index is 10.8. The van der Waals surface area contributed by atoms with E-state index < -0.39 is 55.0 Å². The predicted octanol–water partition coefficient (Wildman–Crippen LogP) is 2.55. The van der Waals surface area contributed by atoms with Crippen LogP contribution in [-0.2, 0) is 39.8 Å². The lowest BCUT2D eigenvalue weighted by atomic mass is 9.93. The number of aliphatic hydroxyl groups is 2. The maximum absolute atomic E-state index is 10.8. The van der Waals surface area contributed by atoms with Gasteiger partial charge in [0.1, 0.15) is 30.5 Å². The van der Waals surface area contributed by atoms with Gasteiger partial charge in [0.2, 0.25) is 11.6 Å². The van der Waals surface area contributed by atoms with Gasteiger partial charge in [0.15, 0.2) is 6.29 Å². The fourth-order valence-electron chi connectivity index (χ4n) is 4.53. The van der Waals surface area contributed by atoms with E-state index in [1.807, 2.05) is 60.7 Å². The molecule has 2 saturated heterocycles. The van der Waals surface area contributed by atoms with Crippen LogP contribution in [0.2, 0.25) is 0 Å². The van der Waals surface area contributed by atoms with Crippen molar-refractivity contribution in [1.29, 1.82) is 0 Å². The molecular formula is C27H36O9. The molecule has 0 aliphatic carbocycles. The second-order valence-electron chi connectivity index (χ2n) is 9.23. The van der Waals surface area contributed by atoms with Gasteiger partial charge < -0.3 is 43.4 Å². The summed E-state index contributed by atoms with van der Waals surface area (Å²) in [5, 5.41) is 20.6. The van der Waals surface area contributed by atoms with Crippen molar-refractivity contribution in [1.82, 2.24) is 0 Å². The van der Waals surface area contributed by atoms with Gasteiger partial charge in [0.25, 0.3) is 0 Å². The molecule has 0 saturated carbocycles. The third-order valence-corrected chi connectivity index (χ3v) is 6.98. The molecule has 2 aliphatic rings. The highest BCUT2D eigenvalue weighted by Crippen LogP contribution is 2.43. The van der Waals surface area contributed by atoms with E-state index in [4.69, 9.17) is 33.2 Å². The van der Waals surface area contributed by atoms with Crippen LogP contribution in [0.15, 0.2) is 60.7 Å². The summed E-state index contributed by atoms with van der Waals surface area (Å²) in [6.45, 7) is 3.34. The zero-order valence-corrected chi connectivity index (χ0v) is 21.1. The van der Waals surface area contributed by atoms with Crippen LogP contribution in [0.3, 0.4) is 0 Å². The fraction of sp³-hybridized carbons (Fsp3) is 0.556. The lowest BCUT2D eigenvalue weighted by Gasteiger charge is -2.55. The van der Waals surface area contributed by atoms with E-state index in [-0.39, 0.29) is 6.61 Å². The number of hydrogen-bond acceptors (Lipinski definition) is 9. The Morgan fingerprint density at radius 2 is 1.53 bits per heavy atom. The maximum Gasteiger partial charge on any atom is 0.220 e. The first kappa shape index (κ1) is 27.1. The Balaban J connectivity index is 1.66. The minimum atomic E-state index is -1.37. The molecule has 2 aliphatic heterocycles. The van der Waals surface area contributed by atoms with Crippen molar-refractivity contribution < 1.29 is 43.4 Å². The standard InChI is InChI=1S/C27H36O9/c1-26(30-3)27(2,31-4)36-24(22(35-26)20(29)15-28)23-21(32-16-18-11-7-5-8-12-18)17-33-25(34-23)19-13-9-6-10-14-19/h5-14,20-25,28-29H,15-17H2,1-4H3/t20-,21-,22-,23+,24+,25?,26?,27?/m0/s1. The second kappa shape index (κ2) is 11.6. The minimum Gasteiger partial charge on any atom is -0.394 e. The van der Waals surface area contributed by atoms with E-state index in [9.17, 15) is 10.2 Å². The SMILES string of the molecule is COC1(C)O[C@@H]([C@@H]2OC(c3ccccc3)OC[C@@H]2OCc2ccccc2)[C@H]([C@@H](O)CO)OC1(C)OC. The monoisotopic (exact) mass is 504 g/mol. The van der Waals surface area contributed by atoms with Crippen LogP contribution in [0.4, 0.5) is 0 Å². The molecule has 2 fully saturated rings. The molecule has 9 nitrogen and oxygen atoms in total. The molecule has 0 bridgehead atoms. The Kier molecular flexibility index (Phi) is 8.77. The van der Waals surface area contributed by atoms with Gasteiger partial charge in [-0.25, -0.2) is 0 Å². The van der Waals surface area contributed by atoms with E-state index in [2.05, 4.69) is 0 Å². The lowest BCUT2D eigenvalue weighted by molar-refractivity contribution is -0.468. The molecule has 0 spiro atoms. The van der Waals surface area contributed by atoms with Crippen LogP contribution < -0.4 is 0 Å². The smallest absolute Gasteiger partial charge is 0.220 e. The normalized spacial score (nSPS) is 35.9. The molecule has 3 unspecified atom stereocenters. The average Bonchev–Trinajstić information content (AvgIpc) is 2.93. The summed E-state index contributed by atoms with van der Waals surface area (Å²) in [5.41, 5.74) is 1.82. The molecule has 2 N–H and O–H groups in total. The summed E-state index contributed by atoms with van der Waals surface area (Å²) < 4.78 is 42.7. The van der Waals surface area contributed by atoms with E-state index >= 15 is 0 Å². The van der Waals surface area contributed by atoms with Crippen LogP contribution in [0.25, 0.3) is 0 Å². The Labute approximate surface area is 211 Å². The molecule has 198 valence electrons. The third kappa shape index (κ3) is 5.50. The van der Waals surface area contributed by atoms with Gasteiger partial charge in [-0.1, -0.05) is 60.7 Å². The molecule has 2 aromatic rings. The van der Waals surface area contributed by atoms with E-state index in [0.717, 1.165) is 11.1 Å². The number of ether oxygens (including phenoxy) is 7. The Hall–Kier alpha value is -1.92. The highest BCUT2D eigenvalue weighted by molar-refractivity contribution is 5.17. The number of hydrogen-bond donors (Lipinski definition) is 2. The van der Waals surface area contributed by atoms with Crippen molar-refractivity contribution in [2.75, 3.05) is 27.4 Å². The molecule has 2 heterocycles. The van der Waals surface area contributed by atoms with Crippen molar-refractivity contribution in [3.63, 3.8) is 0 Å². The van der Waals surface area contributed by atoms with Crippen LogP contribution in [0.1, 0.15) is 31.3 Å². The van der Waals surface area contributed by atoms with E-state index in [1.165, 1.54) is 14.2 Å². The summed E-state index contributed by atoms with van der Waals surface area (Å²) in [6, 6.07) is 19.3. The third-order valence-electron chi connectivity index (χ3n) is 6.98. The molecule has 0 amide bonds. The zero-order chi connectivity index (χ0) is 25.8. The number of benzene rings is 2. The molecule has 2 aromatic carbocycles. The van der Waals surface area contributed by atoms with Gasteiger partial charge in [0.05, 0.1) is 19.8 Å². The highest BCUT2D eigenvalue weighted by atomic mass is 16.8. The van der Waals surface area contributed by atoms with Gasteiger partial charge in [-0.2, -0.15) is 0 Å². The quantitative estimate of drug-likeness (QED) is 0.533. The number of aliphatic hydroxyl groups excluding tert-OH is 2. The summed E-state index contributed by atoms with van der Waals surface area (Å²) >= 11 is 0. The molecule has 4 rings (SSSR count). The Morgan fingerprint density at radius 3 is 2.14 bits per heavy atom. The van der Waals surface area contributed by atoms with Gasteiger partial charge in [-0.3, -0.25) is 0 Å². The topological polar surface area (TPSA) is 105 Å². The second-order valence-corrected chi connectivity index (χ2v) is 9.23. The Morgan fingerprint density at radius 1 is 0.917 bits per heavy atom. The van der Waals surface area contributed by atoms with Gasteiger partial charge >= 0.3 is 0 Å². The largest absolute Gasteiger partial charge is 0.394 e. The molecule has 8 atom stereocenters. The summed E-state index contributed by atoms with van der Waals surface area (Å²) in [6.07, 6.45) is -5.17. The number of methoxy groups -OCH3 is 2. The summed E-state index contributed by atoms with van der Waals surface area (Å²) in [7, 11) is 2.95. The minimum absolute atomic E-state index is 0.212. The zero-order valence-electron chi connectivity index (χ0n) is 21.1. The van der Waals surface area contributed by atoms with Gasteiger partial charge in [-0.05, 0) is 19.4 Å². The van der Waals surface area contributed by atoms with Crippen molar-refractivity contribution in [3.05, 3.63) is 71.8 Å². The van der Waals surface area contributed by atoms with E-state index in [1.54, 1.807) is 13.8 Å². The van der Waals surface area contributed by atoms with Crippen LogP contribution in [0.5, 0.6) is 0 Å². The first-order valence-electron chi connectivity index (χ1n) is 12.1. The van der Waals surface area contributed by atoms with Crippen LogP contribution in [-0.4, -0.2) is 79.7 Å². The molecule has 0 radical (unpaired) electrons.